The van der Waals surface area contributed by atoms with Gasteiger partial charge in [-0.2, -0.15) is 10.4 Å². The van der Waals surface area contributed by atoms with Crippen LogP contribution >= 0.6 is 15.6 Å². The first-order valence-corrected chi connectivity index (χ1v) is 23.0. The van der Waals surface area contributed by atoms with Gasteiger partial charge in [-0.1, -0.05) is 31.2 Å². The molecule has 6 aromatic rings. The minimum absolute atomic E-state index is 0.000678. The number of hydrogen-bond donors (Lipinski definition) is 2. The number of nitrogens with one attached hydrogen (secondary N) is 1. The Labute approximate surface area is 373 Å². The van der Waals surface area contributed by atoms with E-state index in [9.17, 15) is 19.0 Å². The average Bonchev–Trinajstić information content (AvgIpc) is 4.17. The molecule has 7 heterocycles. The van der Waals surface area contributed by atoms with E-state index in [1.807, 2.05) is 6.07 Å². The number of nitrogens with zero attached hydrogens (tertiary/aromatic N) is 12. The fourth-order valence-electron chi connectivity index (χ4n) is 7.23. The number of carbonyl (C=O) groups is 1. The molecule has 1 aromatic carbocycles. The molecule has 0 radical (unpaired) electrons. The molecule has 0 saturated carbocycles. The molecule has 66 heavy (non-hydrogen) atoms. The Morgan fingerprint density at radius 1 is 0.924 bits per heavy atom. The zero-order valence-corrected chi connectivity index (χ0v) is 36.5. The number of fused-ring (bicyclic) bond motifs is 4. The van der Waals surface area contributed by atoms with E-state index < -0.39 is 96.9 Å². The maximum absolute atomic E-state index is 17.1. The molecule has 8 rings (SSSR count). The first kappa shape index (κ1) is 46.5. The van der Waals surface area contributed by atoms with Crippen LogP contribution in [0.25, 0.3) is 32.8 Å². The lowest BCUT2D eigenvalue weighted by Crippen LogP contribution is -2.35. The first-order valence-electron chi connectivity index (χ1n) is 20.1. The van der Waals surface area contributed by atoms with Gasteiger partial charge in [0.2, 0.25) is 6.54 Å². The molecule has 28 heteroatoms. The van der Waals surface area contributed by atoms with Gasteiger partial charge >= 0.3 is 15.6 Å². The highest BCUT2D eigenvalue weighted by Crippen LogP contribution is 2.57. The number of benzene rings is 1. The van der Waals surface area contributed by atoms with Crippen LogP contribution in [-0.2, 0) is 45.7 Å². The number of halogens is 1. The predicted molar refractivity (Wildman–Crippen MR) is 223 cm³/mol. The highest BCUT2D eigenvalue weighted by atomic mass is 31.2. The van der Waals surface area contributed by atoms with Crippen LogP contribution in [0.3, 0.4) is 0 Å². The Morgan fingerprint density at radius 3 is 2.38 bits per heavy atom. The number of aliphatic hydroxyl groups is 1. The number of anilines is 1. The van der Waals surface area contributed by atoms with E-state index in [1.165, 1.54) is 40.5 Å². The molecule has 2 unspecified atom stereocenters. The van der Waals surface area contributed by atoms with Gasteiger partial charge in [0.25, 0.3) is 5.91 Å². The van der Waals surface area contributed by atoms with Gasteiger partial charge in [-0.25, -0.2) is 54.5 Å². The molecule has 2 N–H and O–H groups in total. The summed E-state index contributed by atoms with van der Waals surface area (Å²) >= 11 is 0. The molecular formula is C38H40FN13O12P2. The average molecular weight is 952 g/mol. The molecule has 1 amide bonds. The maximum atomic E-state index is 17.1. The fourth-order valence-corrected chi connectivity index (χ4v) is 10.0. The van der Waals surface area contributed by atoms with Gasteiger partial charge in [-0.3, -0.25) is 41.1 Å². The Hall–Kier alpha value is -5.99. The van der Waals surface area contributed by atoms with E-state index in [0.29, 0.717) is 22.4 Å². The fraction of sp³-hybridized carbons (Fsp3) is 0.421. The van der Waals surface area contributed by atoms with Crippen LogP contribution in [-0.4, -0.2) is 130 Å². The van der Waals surface area contributed by atoms with Gasteiger partial charge in [-0.15, -0.1) is 6.58 Å². The normalized spacial score (nSPS) is 24.8. The summed E-state index contributed by atoms with van der Waals surface area (Å²) in [5.74, 6) is -1.21. The van der Waals surface area contributed by atoms with E-state index in [4.69, 9.17) is 48.5 Å². The predicted octanol–water partition coefficient (Wildman–Crippen LogP) is 4.40. The lowest BCUT2D eigenvalue weighted by Gasteiger charge is -2.28. The van der Waals surface area contributed by atoms with E-state index in [1.54, 1.807) is 41.8 Å². The number of phosphoric ester groups is 2. The third-order valence-corrected chi connectivity index (χ3v) is 13.2. The van der Waals surface area contributed by atoms with Crippen molar-refractivity contribution in [3.8, 4) is 6.07 Å². The van der Waals surface area contributed by atoms with E-state index in [2.05, 4.69) is 51.7 Å². The van der Waals surface area contributed by atoms with Crippen molar-refractivity contribution in [1.29, 1.82) is 5.26 Å². The number of imidazole rings is 2. The second-order valence-corrected chi connectivity index (χ2v) is 17.7. The smallest absolute Gasteiger partial charge is 0.394 e. The number of hydrogen-bond acceptors (Lipinski definition) is 20. The third-order valence-electron chi connectivity index (χ3n) is 10.3. The summed E-state index contributed by atoms with van der Waals surface area (Å²) in [4.78, 5) is 42.1. The Bertz CT molecular complexity index is 2870. The molecule has 2 saturated heterocycles. The molecule has 2 aliphatic heterocycles. The Morgan fingerprint density at radius 2 is 1.62 bits per heavy atom. The molecule has 0 spiro atoms. The monoisotopic (exact) mass is 951 g/mol. The molecule has 346 valence electrons. The van der Waals surface area contributed by atoms with Gasteiger partial charge in [-0.05, 0) is 12.1 Å². The zero-order chi connectivity index (χ0) is 46.4. The Balaban J connectivity index is 1.07. The number of phosphoric acid groups is 2. The molecule has 25 nitrogen and oxygen atoms in total. The Kier molecular flexibility index (Phi) is 14.3. The summed E-state index contributed by atoms with van der Waals surface area (Å²) in [6.07, 6.45) is -3.06. The van der Waals surface area contributed by atoms with Crippen molar-refractivity contribution in [1.82, 2.24) is 48.7 Å². The number of amides is 1. The van der Waals surface area contributed by atoms with Crippen LogP contribution in [0.15, 0.2) is 74.6 Å². The van der Waals surface area contributed by atoms with Crippen molar-refractivity contribution in [2.75, 3.05) is 44.9 Å². The zero-order valence-electron chi connectivity index (χ0n) is 34.7. The summed E-state index contributed by atoms with van der Waals surface area (Å²) in [5.41, 5.74) is 1.59. The number of rotatable bonds is 21. The van der Waals surface area contributed by atoms with Crippen LogP contribution < -0.4 is 5.32 Å². The van der Waals surface area contributed by atoms with Crippen molar-refractivity contribution >= 4 is 55.3 Å². The number of carbonyl (C=O) groups excluding carboxylic acids is 1. The second kappa shape index (κ2) is 20.3. The topological polar surface area (TPSA) is 290 Å². The minimum atomic E-state index is -4.83. The van der Waals surface area contributed by atoms with Crippen molar-refractivity contribution in [2.45, 2.75) is 56.4 Å². The van der Waals surface area contributed by atoms with Gasteiger partial charge in [0.1, 0.15) is 56.2 Å². The number of nitriles is 1. The number of aliphatic hydroxyl groups excluding tert-OH is 1. The van der Waals surface area contributed by atoms with Crippen LogP contribution in [0, 0.1) is 23.8 Å². The summed E-state index contributed by atoms with van der Waals surface area (Å²) in [5, 5.41) is 26.3. The first-order chi connectivity index (χ1) is 32.0. The summed E-state index contributed by atoms with van der Waals surface area (Å²) < 4.78 is 96.3. The molecule has 5 aromatic heterocycles. The molecular weight excluding hydrogens is 911 g/mol. The summed E-state index contributed by atoms with van der Waals surface area (Å²) in [7, 11) is -9.54. The highest BCUT2D eigenvalue weighted by Gasteiger charge is 2.53. The van der Waals surface area contributed by atoms with Crippen LogP contribution in [0.1, 0.15) is 36.2 Å². The van der Waals surface area contributed by atoms with E-state index in [0.717, 1.165) is 6.33 Å². The highest BCUT2D eigenvalue weighted by molar-refractivity contribution is 7.48. The molecule has 0 bridgehead atoms. The SMILES string of the molecule is [C-]#[N+]CCOP(=O)(OC[C@H]1O[C@@H](n2cnc3c(NC(=O)c4ccccc4)ncnc32)[C@H](F)[C@@H]1OP(=O)(OCC=C)OCCC#N)O[C@H]1[C@@H](C)[C@H](n2cnc3c2ncn2ncnc32)O[C@@H]1CO. The number of aromatic nitrogens is 10. The van der Waals surface area contributed by atoms with E-state index in [-0.39, 0.29) is 36.6 Å². The van der Waals surface area contributed by atoms with Crippen molar-refractivity contribution < 1.29 is 60.0 Å². The van der Waals surface area contributed by atoms with Crippen molar-refractivity contribution in [3.63, 3.8) is 0 Å². The van der Waals surface area contributed by atoms with Crippen molar-refractivity contribution in [3.05, 3.63) is 91.6 Å². The maximum Gasteiger partial charge on any atom is 0.475 e. The molecule has 2 fully saturated rings. The number of ether oxygens (including phenoxy) is 2. The summed E-state index contributed by atoms with van der Waals surface area (Å²) in [6, 6.07) is 10.1. The van der Waals surface area contributed by atoms with Gasteiger partial charge in [0.05, 0.1) is 51.6 Å². The van der Waals surface area contributed by atoms with Crippen LogP contribution in [0.4, 0.5) is 10.2 Å². The van der Waals surface area contributed by atoms with E-state index >= 15 is 4.39 Å². The standard InChI is InChI=1S/C38H40FN13O12P2/c1-4-13-57-65(55,58-14-8-11-40)64-31-26(62-38(27(31)39)51-20-45-28-32(42-18-43-33(28)51)49-36(54)24-9-6-5-7-10-24)17-60-66(56,59-15-12-41-3)63-30-23(2)37(61-25(30)16-53)50-21-46-29-34(50)47-22-52-35(29)44-19-48-52/h4-7,9-10,18-23,25-27,30-31,37-38,53H,1,8,12-17H2,2H3,(H,42,43,49,54)/t23-,25-,26-,27-,30+,31-,37-,38-,65?,66?/m1/s1. The lowest BCUT2D eigenvalue weighted by molar-refractivity contribution is -0.0591. The third kappa shape index (κ3) is 9.62. The molecule has 0 aliphatic carbocycles. The minimum Gasteiger partial charge on any atom is -0.394 e. The largest absolute Gasteiger partial charge is 0.475 e. The van der Waals surface area contributed by atoms with Crippen LogP contribution in [0.2, 0.25) is 0 Å². The van der Waals surface area contributed by atoms with Gasteiger partial charge in [0, 0.05) is 11.5 Å². The van der Waals surface area contributed by atoms with Gasteiger partial charge in [0.15, 0.2) is 46.2 Å². The molecule has 10 atom stereocenters. The quantitative estimate of drug-likeness (QED) is 0.0437. The van der Waals surface area contributed by atoms with Crippen molar-refractivity contribution in [2.24, 2.45) is 5.92 Å². The second-order valence-electron chi connectivity index (χ2n) is 14.5. The van der Waals surface area contributed by atoms with Crippen LogP contribution in [0.5, 0.6) is 0 Å². The summed E-state index contributed by atoms with van der Waals surface area (Å²) in [6.45, 7) is 9.53. The number of alkyl halides is 1. The lowest BCUT2D eigenvalue weighted by atomic mass is 10.0. The van der Waals surface area contributed by atoms with Gasteiger partial charge < -0.3 is 24.7 Å². The molecule has 2 aliphatic rings.